The number of nitrogens with zero attached hydrogens (tertiary/aromatic N) is 1. The third kappa shape index (κ3) is 4.76. The van der Waals surface area contributed by atoms with Crippen LogP contribution >= 0.6 is 0 Å². The minimum absolute atomic E-state index is 0.0867. The van der Waals surface area contributed by atoms with Crippen LogP contribution < -0.4 is 30.3 Å². The highest BCUT2D eigenvalue weighted by molar-refractivity contribution is 6.42. The van der Waals surface area contributed by atoms with Crippen molar-refractivity contribution >= 4 is 40.0 Å². The molecule has 10 nitrogen and oxygen atoms in total. The number of hydrogen-bond donors (Lipinski definition) is 3. The van der Waals surface area contributed by atoms with Gasteiger partial charge in [0.15, 0.2) is 11.5 Å². The predicted molar refractivity (Wildman–Crippen MR) is 138 cm³/mol. The topological polar surface area (TPSA) is 120 Å². The van der Waals surface area contributed by atoms with Gasteiger partial charge in [-0.15, -0.1) is 0 Å². The lowest BCUT2D eigenvalue weighted by Crippen LogP contribution is -2.36. The van der Waals surface area contributed by atoms with E-state index in [1.54, 1.807) is 42.5 Å². The number of para-hydroxylation sites is 1. The zero-order chi connectivity index (χ0) is 25.9. The highest BCUT2D eigenvalue weighted by Gasteiger charge is 2.23. The molecule has 5 rings (SSSR count). The Bertz CT molecular complexity index is 1510. The average Bonchev–Trinajstić information content (AvgIpc) is 3.53. The Morgan fingerprint density at radius 3 is 2.41 bits per heavy atom. The minimum atomic E-state index is -0.984. The van der Waals surface area contributed by atoms with Gasteiger partial charge in [-0.1, -0.05) is 31.2 Å². The number of hydrogen-bond acceptors (Lipinski definition) is 6. The maximum atomic E-state index is 13.3. The zero-order valence-corrected chi connectivity index (χ0v) is 20.2. The van der Waals surface area contributed by atoms with E-state index in [1.165, 1.54) is 11.8 Å². The summed E-state index contributed by atoms with van der Waals surface area (Å²) < 4.78 is 17.3. The molecule has 0 fully saturated rings. The van der Waals surface area contributed by atoms with Crippen molar-refractivity contribution in [3.05, 3.63) is 78.0 Å². The number of fused-ring (bicyclic) bond motifs is 2. The summed E-state index contributed by atoms with van der Waals surface area (Å²) in [4.78, 5) is 38.9. The molecule has 3 aromatic carbocycles. The Hall–Kier alpha value is -4.99. The number of carbonyl (C=O) groups is 3. The number of aromatic nitrogens is 1. The van der Waals surface area contributed by atoms with Crippen molar-refractivity contribution in [1.82, 2.24) is 4.68 Å². The molecule has 0 unspecified atom stereocenters. The number of aryl methyl sites for hydroxylation is 1. The van der Waals surface area contributed by atoms with E-state index in [4.69, 9.17) is 14.2 Å². The summed E-state index contributed by atoms with van der Waals surface area (Å²) >= 11 is 0. The monoisotopic (exact) mass is 500 g/mol. The average molecular weight is 501 g/mol. The molecule has 0 atom stereocenters. The smallest absolute Gasteiger partial charge is 0.328 e. The van der Waals surface area contributed by atoms with Crippen LogP contribution in [0.5, 0.6) is 17.2 Å². The molecule has 1 aromatic heterocycles. The molecule has 37 heavy (non-hydrogen) atoms. The summed E-state index contributed by atoms with van der Waals surface area (Å²) in [6, 6.07) is 19.1. The molecule has 0 aliphatic carbocycles. The molecule has 0 spiro atoms. The molecule has 0 saturated carbocycles. The van der Waals surface area contributed by atoms with Gasteiger partial charge in [-0.2, -0.15) is 0 Å². The number of rotatable bonds is 6. The third-order valence-corrected chi connectivity index (χ3v) is 5.91. The molecule has 0 radical (unpaired) electrons. The van der Waals surface area contributed by atoms with E-state index in [0.717, 1.165) is 12.0 Å². The second-order valence-electron chi connectivity index (χ2n) is 8.23. The van der Waals surface area contributed by atoms with E-state index in [-0.39, 0.29) is 12.5 Å². The lowest BCUT2D eigenvalue weighted by Gasteiger charge is -2.14. The van der Waals surface area contributed by atoms with Gasteiger partial charge in [0.1, 0.15) is 17.0 Å². The zero-order valence-electron chi connectivity index (χ0n) is 20.2. The molecule has 3 amide bonds. The molecule has 10 heteroatoms. The maximum absolute atomic E-state index is 13.3. The van der Waals surface area contributed by atoms with Crippen LogP contribution in [0, 0.1) is 0 Å². The Kier molecular flexibility index (Phi) is 6.38. The van der Waals surface area contributed by atoms with E-state index in [9.17, 15) is 14.4 Å². The van der Waals surface area contributed by atoms with Crippen LogP contribution in [0.2, 0.25) is 0 Å². The maximum Gasteiger partial charge on any atom is 0.328 e. The second-order valence-corrected chi connectivity index (χ2v) is 8.23. The highest BCUT2D eigenvalue weighted by Crippen LogP contribution is 2.34. The minimum Gasteiger partial charge on any atom is -0.494 e. The number of benzene rings is 3. The molecule has 0 saturated heterocycles. The van der Waals surface area contributed by atoms with Gasteiger partial charge in [0.25, 0.3) is 5.91 Å². The van der Waals surface area contributed by atoms with E-state index in [1.807, 2.05) is 31.2 Å². The van der Waals surface area contributed by atoms with Gasteiger partial charge in [0.2, 0.25) is 6.79 Å². The van der Waals surface area contributed by atoms with Gasteiger partial charge in [0.05, 0.1) is 7.11 Å². The summed E-state index contributed by atoms with van der Waals surface area (Å²) in [5.41, 5.74) is 5.17. The third-order valence-electron chi connectivity index (χ3n) is 5.91. The Balaban J connectivity index is 1.42. The quantitative estimate of drug-likeness (QED) is 0.346. The van der Waals surface area contributed by atoms with E-state index in [0.29, 0.717) is 39.5 Å². The Morgan fingerprint density at radius 1 is 0.892 bits per heavy atom. The van der Waals surface area contributed by atoms with Crippen LogP contribution in [0.3, 0.4) is 0 Å². The van der Waals surface area contributed by atoms with Crippen LogP contribution in [0.1, 0.15) is 23.0 Å². The fourth-order valence-electron chi connectivity index (χ4n) is 4.01. The predicted octanol–water partition coefficient (Wildman–Crippen LogP) is 3.90. The fourth-order valence-corrected chi connectivity index (χ4v) is 4.01. The van der Waals surface area contributed by atoms with Crippen LogP contribution in [-0.4, -0.2) is 36.3 Å². The molecule has 1 aliphatic heterocycles. The molecule has 188 valence electrons. The second kappa shape index (κ2) is 9.94. The summed E-state index contributed by atoms with van der Waals surface area (Å²) in [7, 11) is 1.48. The van der Waals surface area contributed by atoms with Crippen molar-refractivity contribution in [1.29, 1.82) is 0 Å². The summed E-state index contributed by atoms with van der Waals surface area (Å²) in [6.07, 6.45) is 0.878. The molecule has 3 N–H and O–H groups in total. The van der Waals surface area contributed by atoms with E-state index < -0.39 is 17.7 Å². The lowest BCUT2D eigenvalue weighted by atomic mass is 10.1. The van der Waals surface area contributed by atoms with Crippen LogP contribution in [0.25, 0.3) is 10.9 Å². The number of methoxy groups -OCH3 is 1. The normalized spacial score (nSPS) is 11.7. The van der Waals surface area contributed by atoms with E-state index >= 15 is 0 Å². The van der Waals surface area contributed by atoms with E-state index in [2.05, 4.69) is 16.1 Å². The largest absolute Gasteiger partial charge is 0.494 e. The SMILES string of the molecule is CCc1ccc(NC(=O)c2cc3cccc(OC)c3n2NC(=O)C(=O)Nc2ccc3c(c2)OCO3)cc1. The number of nitrogens with one attached hydrogen (secondary N) is 3. The first-order valence-corrected chi connectivity index (χ1v) is 11.6. The van der Waals surface area contributed by atoms with Gasteiger partial charge in [-0.05, 0) is 48.4 Å². The number of amides is 3. The summed E-state index contributed by atoms with van der Waals surface area (Å²) in [5.74, 6) is -0.961. The summed E-state index contributed by atoms with van der Waals surface area (Å²) in [5, 5.41) is 6.01. The van der Waals surface area contributed by atoms with Gasteiger partial charge in [-0.25, -0.2) is 4.68 Å². The molecular weight excluding hydrogens is 476 g/mol. The van der Waals surface area contributed by atoms with Crippen molar-refractivity contribution < 1.29 is 28.6 Å². The van der Waals surface area contributed by atoms with Gasteiger partial charge in [0, 0.05) is 22.8 Å². The number of anilines is 2. The Morgan fingerprint density at radius 2 is 1.65 bits per heavy atom. The van der Waals surface area contributed by atoms with Gasteiger partial charge < -0.3 is 24.8 Å². The lowest BCUT2D eigenvalue weighted by molar-refractivity contribution is -0.133. The molecule has 1 aliphatic rings. The molecule has 2 heterocycles. The van der Waals surface area contributed by atoms with Crippen molar-refractivity contribution in [2.24, 2.45) is 0 Å². The Labute approximate surface area is 212 Å². The van der Waals surface area contributed by atoms with Crippen molar-refractivity contribution in [2.45, 2.75) is 13.3 Å². The first-order chi connectivity index (χ1) is 18.0. The standard InChI is InChI=1S/C27H24N4O6/c1-3-16-7-9-18(10-8-16)28-25(32)20-13-17-5-4-6-22(35-2)24(17)31(20)30-27(34)26(33)29-19-11-12-21-23(14-19)37-15-36-21/h4-14H,3,15H2,1-2H3,(H,28,32)(H,29,33)(H,30,34). The first kappa shape index (κ1) is 23.7. The van der Waals surface area contributed by atoms with Crippen LogP contribution in [-0.2, 0) is 16.0 Å². The summed E-state index contributed by atoms with van der Waals surface area (Å²) in [6.45, 7) is 2.13. The fraction of sp³-hybridized carbons (Fsp3) is 0.148. The van der Waals surface area contributed by atoms with Gasteiger partial charge in [-0.3, -0.25) is 19.8 Å². The molecular formula is C27H24N4O6. The van der Waals surface area contributed by atoms with Crippen molar-refractivity contribution in [3.63, 3.8) is 0 Å². The van der Waals surface area contributed by atoms with Crippen molar-refractivity contribution in [2.75, 3.05) is 30.0 Å². The van der Waals surface area contributed by atoms with Crippen molar-refractivity contribution in [3.8, 4) is 17.2 Å². The van der Waals surface area contributed by atoms with Crippen LogP contribution in [0.15, 0.2) is 66.7 Å². The number of carbonyl (C=O) groups excluding carboxylic acids is 3. The first-order valence-electron chi connectivity index (χ1n) is 11.6. The van der Waals surface area contributed by atoms with Gasteiger partial charge >= 0.3 is 11.8 Å². The highest BCUT2D eigenvalue weighted by atomic mass is 16.7. The van der Waals surface area contributed by atoms with Crippen LogP contribution in [0.4, 0.5) is 11.4 Å². The molecule has 0 bridgehead atoms. The number of ether oxygens (including phenoxy) is 3. The molecule has 4 aromatic rings.